The average Bonchev–Trinajstić information content (AvgIpc) is 3.07. The predicted octanol–water partition coefficient (Wildman–Crippen LogP) is 5.45. The van der Waals surface area contributed by atoms with Crippen molar-refractivity contribution < 1.29 is 19.1 Å². The Morgan fingerprint density at radius 1 is 0.909 bits per heavy atom. The van der Waals surface area contributed by atoms with Crippen molar-refractivity contribution in [2.24, 2.45) is 5.92 Å². The molecule has 0 spiro atoms. The number of ether oxygens (including phenoxy) is 2. The number of halogens is 1. The molecule has 7 heteroatoms. The Morgan fingerprint density at radius 2 is 1.48 bits per heavy atom. The number of nitrogens with one attached hydrogen (secondary N) is 1. The van der Waals surface area contributed by atoms with Crippen LogP contribution in [0.15, 0.2) is 69.5 Å². The zero-order chi connectivity index (χ0) is 23.7. The van der Waals surface area contributed by atoms with Crippen LogP contribution in [-0.4, -0.2) is 29.7 Å². The number of rotatable bonds is 6. The average molecular weight is 511 g/mol. The van der Waals surface area contributed by atoms with E-state index < -0.39 is 17.9 Å². The van der Waals surface area contributed by atoms with Gasteiger partial charge in [-0.15, -0.1) is 0 Å². The lowest BCUT2D eigenvalue weighted by Gasteiger charge is -2.30. The molecule has 0 atom stereocenters. The third-order valence-corrected chi connectivity index (χ3v) is 6.46. The number of fused-ring (bicyclic) bond motifs is 3. The first-order valence-corrected chi connectivity index (χ1v) is 11.9. The fourth-order valence-electron chi connectivity index (χ4n) is 4.68. The summed E-state index contributed by atoms with van der Waals surface area (Å²) in [5, 5.41) is 5.42. The summed E-state index contributed by atoms with van der Waals surface area (Å²) in [4.78, 5) is 26.1. The highest BCUT2D eigenvalue weighted by molar-refractivity contribution is 9.10. The van der Waals surface area contributed by atoms with Gasteiger partial charge in [0.2, 0.25) is 0 Å². The fraction of sp³-hybridized carbons (Fsp3) is 0.308. The number of carbonyl (C=O) groups is 2. The summed E-state index contributed by atoms with van der Waals surface area (Å²) < 4.78 is 13.9. The number of para-hydroxylation sites is 1. The zero-order valence-electron chi connectivity index (χ0n) is 19.2. The quantitative estimate of drug-likeness (QED) is 0.446. The third kappa shape index (κ3) is 4.17. The molecule has 0 saturated carbocycles. The summed E-state index contributed by atoms with van der Waals surface area (Å²) in [6.07, 6.45) is 0. The molecule has 0 amide bonds. The Labute approximate surface area is 201 Å². The van der Waals surface area contributed by atoms with Crippen LogP contribution in [0.25, 0.3) is 21.8 Å². The third-order valence-electron chi connectivity index (χ3n) is 5.97. The minimum absolute atomic E-state index is 0.252. The van der Waals surface area contributed by atoms with Crippen molar-refractivity contribution in [1.82, 2.24) is 9.88 Å². The van der Waals surface area contributed by atoms with Gasteiger partial charge >= 0.3 is 11.9 Å². The molecular formula is C26H27BrN2O4. The molecule has 33 heavy (non-hydrogen) atoms. The number of hydrogen-bond donors (Lipinski definition) is 1. The van der Waals surface area contributed by atoms with Crippen molar-refractivity contribution >= 4 is 49.7 Å². The summed E-state index contributed by atoms with van der Waals surface area (Å²) >= 11 is 3.59. The summed E-state index contributed by atoms with van der Waals surface area (Å²) in [7, 11) is 0. The Balaban J connectivity index is 1.93. The zero-order valence-corrected chi connectivity index (χ0v) is 20.8. The van der Waals surface area contributed by atoms with Gasteiger partial charge in [0.1, 0.15) is 0 Å². The second-order valence-corrected chi connectivity index (χ2v) is 8.90. The molecule has 172 valence electrons. The van der Waals surface area contributed by atoms with Gasteiger partial charge in [0.15, 0.2) is 0 Å². The Bertz CT molecular complexity index is 1280. The largest absolute Gasteiger partial charge is 0.463 e. The molecule has 0 aliphatic carbocycles. The van der Waals surface area contributed by atoms with Gasteiger partial charge in [-0.05, 0) is 45.9 Å². The predicted molar refractivity (Wildman–Crippen MR) is 132 cm³/mol. The Kier molecular flexibility index (Phi) is 6.61. The van der Waals surface area contributed by atoms with Crippen molar-refractivity contribution in [3.8, 4) is 0 Å². The van der Waals surface area contributed by atoms with Crippen LogP contribution in [0.3, 0.4) is 0 Å². The van der Waals surface area contributed by atoms with E-state index in [4.69, 9.17) is 9.47 Å². The summed E-state index contributed by atoms with van der Waals surface area (Å²) in [5.41, 5.74) is 4.33. The molecule has 0 bridgehead atoms. The monoisotopic (exact) mass is 510 g/mol. The minimum Gasteiger partial charge on any atom is -0.463 e. The highest BCUT2D eigenvalue weighted by atomic mass is 79.9. The van der Waals surface area contributed by atoms with E-state index in [2.05, 4.69) is 50.1 Å². The van der Waals surface area contributed by atoms with Crippen molar-refractivity contribution in [3.63, 3.8) is 0 Å². The van der Waals surface area contributed by atoms with Gasteiger partial charge in [0.25, 0.3) is 0 Å². The molecule has 0 fully saturated rings. The molecule has 4 rings (SSSR count). The fourth-order valence-corrected chi connectivity index (χ4v) is 5.02. The van der Waals surface area contributed by atoms with Gasteiger partial charge in [-0.3, -0.25) is 0 Å². The van der Waals surface area contributed by atoms with Crippen LogP contribution >= 0.6 is 15.9 Å². The molecule has 1 aliphatic heterocycles. The SMILES string of the molecule is CCOC(=O)C1=C(C)NC(C)=C(C(=O)OCC)C1Cn1c2ccccc2c2ccc(Br)cc21. The van der Waals surface area contributed by atoms with Gasteiger partial charge in [-0.1, -0.05) is 40.2 Å². The molecule has 1 aromatic heterocycles. The molecule has 2 aromatic carbocycles. The maximum absolute atomic E-state index is 13.0. The van der Waals surface area contributed by atoms with Crippen LogP contribution in [0, 0.1) is 5.92 Å². The van der Waals surface area contributed by atoms with Crippen LogP contribution in [0.2, 0.25) is 0 Å². The first-order valence-electron chi connectivity index (χ1n) is 11.1. The molecule has 0 unspecified atom stereocenters. The highest BCUT2D eigenvalue weighted by Crippen LogP contribution is 2.37. The molecule has 0 radical (unpaired) electrons. The smallest absolute Gasteiger partial charge is 0.336 e. The lowest BCUT2D eigenvalue weighted by atomic mass is 9.85. The number of esters is 2. The number of aromatic nitrogens is 1. The van der Waals surface area contributed by atoms with E-state index >= 15 is 0 Å². The van der Waals surface area contributed by atoms with Gasteiger partial charge in [-0.2, -0.15) is 0 Å². The Hall–Kier alpha value is -3.06. The maximum atomic E-state index is 13.0. The second kappa shape index (κ2) is 9.43. The van der Waals surface area contributed by atoms with Crippen LogP contribution in [-0.2, 0) is 25.6 Å². The van der Waals surface area contributed by atoms with E-state index in [0.717, 1.165) is 26.3 Å². The molecule has 1 aliphatic rings. The lowest BCUT2D eigenvalue weighted by Crippen LogP contribution is -2.35. The highest BCUT2D eigenvalue weighted by Gasteiger charge is 2.37. The van der Waals surface area contributed by atoms with E-state index in [1.54, 1.807) is 13.8 Å². The minimum atomic E-state index is -0.526. The van der Waals surface area contributed by atoms with Crippen LogP contribution in [0.4, 0.5) is 0 Å². The van der Waals surface area contributed by atoms with Crippen molar-refractivity contribution in [1.29, 1.82) is 0 Å². The van der Waals surface area contributed by atoms with Gasteiger partial charge in [0, 0.05) is 44.6 Å². The number of carbonyl (C=O) groups excluding carboxylic acids is 2. The van der Waals surface area contributed by atoms with Crippen LogP contribution in [0.1, 0.15) is 27.7 Å². The molecule has 0 saturated heterocycles. The molecular weight excluding hydrogens is 484 g/mol. The first kappa shape index (κ1) is 23.1. The van der Waals surface area contributed by atoms with E-state index in [0.29, 0.717) is 29.1 Å². The van der Waals surface area contributed by atoms with Crippen molar-refractivity contribution in [3.05, 3.63) is 69.5 Å². The number of hydrogen-bond acceptors (Lipinski definition) is 5. The van der Waals surface area contributed by atoms with E-state index in [1.807, 2.05) is 32.0 Å². The standard InChI is InChI=1S/C26H27BrN2O4/c1-5-32-25(30)23-15(3)28-16(4)24(26(31)33-6-2)20(23)14-29-21-10-8-7-9-18(21)19-12-11-17(27)13-22(19)29/h7-13,20,28H,5-6,14H2,1-4H3. The summed E-state index contributed by atoms with van der Waals surface area (Å²) in [6.45, 7) is 8.12. The topological polar surface area (TPSA) is 69.6 Å². The van der Waals surface area contributed by atoms with Gasteiger partial charge in [-0.25, -0.2) is 9.59 Å². The molecule has 3 aromatic rings. The van der Waals surface area contributed by atoms with Crippen molar-refractivity contribution in [2.45, 2.75) is 34.2 Å². The summed E-state index contributed by atoms with van der Waals surface area (Å²) in [6, 6.07) is 14.3. The van der Waals surface area contributed by atoms with Crippen LogP contribution in [0.5, 0.6) is 0 Å². The molecule has 6 nitrogen and oxygen atoms in total. The number of nitrogens with zero attached hydrogens (tertiary/aromatic N) is 1. The number of allylic oxidation sites excluding steroid dienone is 2. The van der Waals surface area contributed by atoms with E-state index in [-0.39, 0.29) is 13.2 Å². The number of benzene rings is 2. The normalized spacial score (nSPS) is 14.7. The van der Waals surface area contributed by atoms with Gasteiger partial charge < -0.3 is 19.4 Å². The molecule has 2 heterocycles. The second-order valence-electron chi connectivity index (χ2n) is 7.99. The maximum Gasteiger partial charge on any atom is 0.336 e. The first-order chi connectivity index (χ1) is 15.9. The number of dihydropyridines is 1. The van der Waals surface area contributed by atoms with E-state index in [9.17, 15) is 9.59 Å². The Morgan fingerprint density at radius 3 is 2.09 bits per heavy atom. The van der Waals surface area contributed by atoms with E-state index in [1.165, 1.54) is 0 Å². The lowest BCUT2D eigenvalue weighted by molar-refractivity contribution is -0.140. The van der Waals surface area contributed by atoms with Gasteiger partial charge in [0.05, 0.1) is 29.9 Å². The van der Waals surface area contributed by atoms with Crippen LogP contribution < -0.4 is 5.32 Å². The molecule has 1 N–H and O–H groups in total. The van der Waals surface area contributed by atoms with Crippen molar-refractivity contribution in [2.75, 3.05) is 13.2 Å². The summed E-state index contributed by atoms with van der Waals surface area (Å²) in [5.74, 6) is -1.38.